The first-order chi connectivity index (χ1) is 28.3. The number of carbonyl (C=O) groups excluding carboxylic acids is 2. The van der Waals surface area contributed by atoms with E-state index in [2.05, 4.69) is 11.4 Å². The Morgan fingerprint density at radius 2 is 1.70 bits per heavy atom. The van der Waals surface area contributed by atoms with E-state index < -0.39 is 53.7 Å². The molecule has 2 aliphatic carbocycles. The second kappa shape index (κ2) is 22.0. The smallest absolute Gasteiger partial charge is 0.258 e. The van der Waals surface area contributed by atoms with Crippen molar-refractivity contribution in [2.45, 2.75) is 155 Å². The first kappa shape index (κ1) is 49.1. The predicted octanol–water partition coefficient (Wildman–Crippen LogP) is 4.64. The maximum Gasteiger partial charge on any atom is 0.258 e. The fraction of sp³-hybridized carbons (Fsp3) is 0.681. The zero-order chi connectivity index (χ0) is 44.5. The number of rotatable bonds is 19. The largest absolute Gasteiger partial charge is 0.511 e. The van der Waals surface area contributed by atoms with Gasteiger partial charge >= 0.3 is 0 Å². The highest BCUT2D eigenvalue weighted by molar-refractivity contribution is 6.25. The number of nitrogens with two attached hydrogens (primary N) is 1. The summed E-state index contributed by atoms with van der Waals surface area (Å²) in [6.07, 6.45) is 14.7. The van der Waals surface area contributed by atoms with Crippen LogP contribution >= 0.6 is 0 Å². The fourth-order valence-corrected chi connectivity index (χ4v) is 10.1. The first-order valence-corrected chi connectivity index (χ1v) is 22.1. The summed E-state index contributed by atoms with van der Waals surface area (Å²) in [6.45, 7) is 11.9. The third-order valence-corrected chi connectivity index (χ3v) is 14.0. The highest BCUT2D eigenvalue weighted by Crippen LogP contribution is 2.58. The molecule has 4 aliphatic rings. The zero-order valence-electron chi connectivity index (χ0n) is 36.6. The minimum absolute atomic E-state index is 0.0326. The molecule has 0 aromatic heterocycles. The lowest BCUT2D eigenvalue weighted by Gasteiger charge is -2.53. The van der Waals surface area contributed by atoms with Crippen LogP contribution in [0.4, 0.5) is 0 Å². The minimum atomic E-state index is -0.954. The molecule has 11 N–H and O–H groups in total. The van der Waals surface area contributed by atoms with Gasteiger partial charge in [0.1, 0.15) is 11.3 Å². The Morgan fingerprint density at radius 3 is 2.37 bits per heavy atom. The van der Waals surface area contributed by atoms with Crippen LogP contribution in [0, 0.1) is 40.4 Å². The Labute approximate surface area is 357 Å². The Bertz CT molecular complexity index is 1680. The van der Waals surface area contributed by atoms with Crippen molar-refractivity contribution >= 4 is 17.6 Å². The van der Waals surface area contributed by atoms with Gasteiger partial charge in [-0.3, -0.25) is 15.0 Å². The van der Waals surface area contributed by atoms with Crippen molar-refractivity contribution in [2.75, 3.05) is 13.1 Å². The van der Waals surface area contributed by atoms with Gasteiger partial charge in [-0.25, -0.2) is 0 Å². The standard InChI is InChI=1S/C47H74N4O9/c1-27(38(54)12-8-13-39(55)28(2)16-21-34(53)25-32-10-9-23-51(32)46(48)49)15-19-33(52)20-17-29(3)43(58)30(4)18-22-36-31(5)24-35-37(11-7-14-40(35)56)47(36,6)44(59)42-41(57)26-50-45(42)60/h8,12,15-17,19,24,27,30,32-40,43,52-56,58-59H,7,9-11,13-14,18,20-23,25-26H2,1-6H3,(H3,48,49)(H,50,60)/b12-8?,19-15?,28-16?,29-17?,44-42+. The first-order valence-electron chi connectivity index (χ1n) is 22.1. The van der Waals surface area contributed by atoms with Gasteiger partial charge in [-0.15, -0.1) is 0 Å². The van der Waals surface area contributed by atoms with Gasteiger partial charge in [0.2, 0.25) is 0 Å². The lowest BCUT2D eigenvalue weighted by Crippen LogP contribution is -2.50. The summed E-state index contributed by atoms with van der Waals surface area (Å²) in [5.74, 6) is -2.23. The van der Waals surface area contributed by atoms with Gasteiger partial charge in [-0.1, -0.05) is 75.3 Å². The van der Waals surface area contributed by atoms with Gasteiger partial charge in [0, 0.05) is 29.8 Å². The number of allylic oxidation sites excluding steroid dienone is 2. The number of ketones is 1. The third-order valence-electron chi connectivity index (χ3n) is 14.0. The van der Waals surface area contributed by atoms with Crippen molar-refractivity contribution in [1.82, 2.24) is 10.2 Å². The molecular weight excluding hydrogens is 765 g/mol. The van der Waals surface area contributed by atoms with Crippen molar-refractivity contribution in [3.05, 3.63) is 70.6 Å². The quantitative estimate of drug-likeness (QED) is 0.0215. The van der Waals surface area contributed by atoms with E-state index >= 15 is 0 Å². The molecule has 3 fully saturated rings. The molecule has 1 saturated carbocycles. The van der Waals surface area contributed by atoms with E-state index in [0.29, 0.717) is 44.1 Å². The number of aliphatic hydroxyl groups excluding tert-OH is 7. The van der Waals surface area contributed by atoms with Gasteiger partial charge in [-0.2, -0.15) is 0 Å². The number of fused-ring (bicyclic) bond motifs is 1. The molecule has 13 heteroatoms. The van der Waals surface area contributed by atoms with Crippen LogP contribution in [-0.2, 0) is 9.59 Å². The molecule has 13 unspecified atom stereocenters. The minimum Gasteiger partial charge on any atom is -0.511 e. The van der Waals surface area contributed by atoms with E-state index in [9.17, 15) is 45.3 Å². The molecular formula is C47H74N4O9. The van der Waals surface area contributed by atoms with Crippen LogP contribution in [0.5, 0.6) is 0 Å². The van der Waals surface area contributed by atoms with Crippen molar-refractivity contribution in [2.24, 2.45) is 40.7 Å². The highest BCUT2D eigenvalue weighted by atomic mass is 16.3. The molecule has 0 spiro atoms. The number of amides is 1. The number of nitrogens with zero attached hydrogens (tertiary/aromatic N) is 1. The summed E-state index contributed by atoms with van der Waals surface area (Å²) >= 11 is 0. The molecule has 336 valence electrons. The summed E-state index contributed by atoms with van der Waals surface area (Å²) in [5, 5.41) is 86.9. The number of aliphatic hydroxyl groups is 7. The summed E-state index contributed by atoms with van der Waals surface area (Å²) in [5.41, 5.74) is 6.95. The summed E-state index contributed by atoms with van der Waals surface area (Å²) in [6, 6.07) is 0.0545. The Morgan fingerprint density at radius 1 is 1.00 bits per heavy atom. The summed E-state index contributed by atoms with van der Waals surface area (Å²) in [7, 11) is 0. The SMILES string of the molecule is CC(=CCC(O)CC1CCCN1C(=N)N)C(O)CC=CC(O)C(C)C=CC(O)CC=C(C)C(O)C(C)CCC1C(C)=CC2C(O)CCCC2C1(C)/C(O)=C1/C(=O)CNC1=O. The predicted molar refractivity (Wildman–Crippen MR) is 233 cm³/mol. The average Bonchev–Trinajstić information content (AvgIpc) is 3.82. The van der Waals surface area contributed by atoms with E-state index in [1.807, 2.05) is 51.7 Å². The van der Waals surface area contributed by atoms with Gasteiger partial charge in [0.25, 0.3) is 5.91 Å². The van der Waals surface area contributed by atoms with E-state index in [-0.39, 0.29) is 65.9 Å². The Kier molecular flexibility index (Phi) is 18.0. The topological polar surface area (TPSA) is 241 Å². The summed E-state index contributed by atoms with van der Waals surface area (Å²) < 4.78 is 0. The van der Waals surface area contributed by atoms with Crippen LogP contribution in [0.25, 0.3) is 0 Å². The molecule has 0 aromatic carbocycles. The highest BCUT2D eigenvalue weighted by Gasteiger charge is 2.55. The van der Waals surface area contributed by atoms with Crippen LogP contribution in [0.1, 0.15) is 112 Å². The van der Waals surface area contributed by atoms with Gasteiger partial charge in [-0.05, 0) is 114 Å². The number of hydrogen-bond acceptors (Lipinski definition) is 10. The average molecular weight is 839 g/mol. The van der Waals surface area contributed by atoms with E-state index in [0.717, 1.165) is 43.4 Å². The van der Waals surface area contributed by atoms with E-state index in [1.54, 1.807) is 31.2 Å². The second-order valence-corrected chi connectivity index (χ2v) is 18.4. The lowest BCUT2D eigenvalue weighted by molar-refractivity contribution is -0.118. The molecule has 60 heavy (non-hydrogen) atoms. The molecule has 2 heterocycles. The number of likely N-dealkylation sites (tertiary alicyclic amines) is 1. The molecule has 2 saturated heterocycles. The maximum absolute atomic E-state index is 12.8. The second-order valence-electron chi connectivity index (χ2n) is 18.4. The van der Waals surface area contributed by atoms with E-state index in [1.165, 1.54) is 0 Å². The summed E-state index contributed by atoms with van der Waals surface area (Å²) in [4.78, 5) is 27.3. The van der Waals surface area contributed by atoms with Crippen molar-refractivity contribution in [3.8, 4) is 0 Å². The maximum atomic E-state index is 12.8. The van der Waals surface area contributed by atoms with Gasteiger partial charge in [0.15, 0.2) is 11.7 Å². The van der Waals surface area contributed by atoms with Crippen LogP contribution < -0.4 is 11.1 Å². The molecule has 0 radical (unpaired) electrons. The number of Topliss-reactive ketones (excluding diaryl/α,β-unsaturated/α-hetero) is 1. The molecule has 13 nitrogen and oxygen atoms in total. The molecule has 0 aromatic rings. The van der Waals surface area contributed by atoms with Crippen LogP contribution in [-0.4, -0.2) is 114 Å². The molecule has 2 aliphatic heterocycles. The lowest BCUT2D eigenvalue weighted by atomic mass is 9.52. The molecule has 1 amide bonds. The number of hydrogen-bond donors (Lipinski definition) is 10. The van der Waals surface area contributed by atoms with Crippen molar-refractivity contribution in [1.29, 1.82) is 5.41 Å². The molecule has 4 rings (SSSR count). The van der Waals surface area contributed by atoms with Gasteiger partial charge in [0.05, 0.1) is 43.2 Å². The fourth-order valence-electron chi connectivity index (χ4n) is 10.1. The van der Waals surface area contributed by atoms with Crippen LogP contribution in [0.3, 0.4) is 0 Å². The van der Waals surface area contributed by atoms with Gasteiger partial charge < -0.3 is 51.7 Å². The monoisotopic (exact) mass is 839 g/mol. The number of carbonyl (C=O) groups is 2. The van der Waals surface area contributed by atoms with E-state index in [4.69, 9.17) is 11.1 Å². The number of guanidine groups is 1. The Balaban J connectivity index is 1.27. The normalized spacial score (nSPS) is 31.1. The number of nitrogens with one attached hydrogen (secondary N) is 2. The third kappa shape index (κ3) is 12.1. The molecule has 0 bridgehead atoms. The molecule has 13 atom stereocenters. The zero-order valence-corrected chi connectivity index (χ0v) is 36.6. The van der Waals surface area contributed by atoms with Crippen LogP contribution in [0.2, 0.25) is 0 Å². The Hall–Kier alpha value is -3.59. The van der Waals surface area contributed by atoms with Crippen molar-refractivity contribution < 1.29 is 45.3 Å². The van der Waals surface area contributed by atoms with Crippen molar-refractivity contribution in [3.63, 3.8) is 0 Å². The van der Waals surface area contributed by atoms with Crippen LogP contribution in [0.15, 0.2) is 70.6 Å².